The molecule has 3 N–H and O–H groups in total. The SMILES string of the molecule is CC(=O)Nc1cccc(C(C)NC(=O)CNC(=O)c2ccc(C(C)(C)C)cc2)c1. The van der Waals surface area contributed by atoms with Gasteiger partial charge in [-0.3, -0.25) is 14.4 Å². The van der Waals surface area contributed by atoms with Crippen LogP contribution in [0, 0.1) is 0 Å². The van der Waals surface area contributed by atoms with Crippen LogP contribution in [0.5, 0.6) is 0 Å². The van der Waals surface area contributed by atoms with Crippen molar-refractivity contribution in [1.82, 2.24) is 10.6 Å². The average molecular weight is 396 g/mol. The molecular formula is C23H29N3O3. The largest absolute Gasteiger partial charge is 0.348 e. The first-order chi connectivity index (χ1) is 13.6. The number of nitrogens with one attached hydrogen (secondary N) is 3. The summed E-state index contributed by atoms with van der Waals surface area (Å²) in [5, 5.41) is 8.21. The van der Waals surface area contributed by atoms with Crippen LogP contribution in [0.2, 0.25) is 0 Å². The minimum Gasteiger partial charge on any atom is -0.348 e. The van der Waals surface area contributed by atoms with Crippen molar-refractivity contribution in [2.75, 3.05) is 11.9 Å². The molecule has 0 bridgehead atoms. The van der Waals surface area contributed by atoms with E-state index in [1.807, 2.05) is 37.3 Å². The highest BCUT2D eigenvalue weighted by Crippen LogP contribution is 2.22. The normalized spacial score (nSPS) is 12.0. The molecule has 0 saturated carbocycles. The lowest BCUT2D eigenvalue weighted by molar-refractivity contribution is -0.120. The van der Waals surface area contributed by atoms with Crippen LogP contribution in [0.1, 0.15) is 62.1 Å². The van der Waals surface area contributed by atoms with E-state index in [1.165, 1.54) is 6.92 Å². The van der Waals surface area contributed by atoms with Crippen molar-refractivity contribution in [2.24, 2.45) is 0 Å². The van der Waals surface area contributed by atoms with E-state index in [4.69, 9.17) is 0 Å². The third-order valence-corrected chi connectivity index (χ3v) is 4.51. The summed E-state index contributed by atoms with van der Waals surface area (Å²) in [6.07, 6.45) is 0. The van der Waals surface area contributed by atoms with Crippen molar-refractivity contribution in [3.05, 3.63) is 65.2 Å². The number of hydrogen-bond acceptors (Lipinski definition) is 3. The number of carbonyl (C=O) groups excluding carboxylic acids is 3. The molecule has 0 radical (unpaired) electrons. The first-order valence-electron chi connectivity index (χ1n) is 9.62. The van der Waals surface area contributed by atoms with Gasteiger partial charge in [-0.1, -0.05) is 45.0 Å². The van der Waals surface area contributed by atoms with Gasteiger partial charge in [0.15, 0.2) is 0 Å². The lowest BCUT2D eigenvalue weighted by Crippen LogP contribution is -2.38. The molecule has 29 heavy (non-hydrogen) atoms. The van der Waals surface area contributed by atoms with Gasteiger partial charge in [0.25, 0.3) is 5.91 Å². The average Bonchev–Trinajstić information content (AvgIpc) is 2.65. The summed E-state index contributed by atoms with van der Waals surface area (Å²) in [6.45, 7) is 9.50. The molecule has 0 saturated heterocycles. The maximum Gasteiger partial charge on any atom is 0.251 e. The summed E-state index contributed by atoms with van der Waals surface area (Å²) in [5.74, 6) is -0.736. The molecule has 0 spiro atoms. The van der Waals surface area contributed by atoms with Crippen molar-refractivity contribution < 1.29 is 14.4 Å². The molecule has 0 fully saturated rings. The van der Waals surface area contributed by atoms with E-state index in [0.717, 1.165) is 11.1 Å². The Bertz CT molecular complexity index is 883. The summed E-state index contributed by atoms with van der Waals surface area (Å²) >= 11 is 0. The first kappa shape index (κ1) is 22.1. The van der Waals surface area contributed by atoms with Crippen LogP contribution in [0.3, 0.4) is 0 Å². The number of amides is 3. The molecule has 2 aromatic rings. The zero-order valence-corrected chi connectivity index (χ0v) is 17.6. The Kier molecular flexibility index (Phi) is 7.15. The van der Waals surface area contributed by atoms with Gasteiger partial charge in [-0.2, -0.15) is 0 Å². The van der Waals surface area contributed by atoms with Gasteiger partial charge in [-0.25, -0.2) is 0 Å². The predicted molar refractivity (Wildman–Crippen MR) is 115 cm³/mol. The van der Waals surface area contributed by atoms with Crippen LogP contribution in [0.4, 0.5) is 5.69 Å². The van der Waals surface area contributed by atoms with E-state index < -0.39 is 0 Å². The lowest BCUT2D eigenvalue weighted by atomic mass is 9.87. The molecule has 154 valence electrons. The molecule has 0 heterocycles. The van der Waals surface area contributed by atoms with Gasteiger partial charge >= 0.3 is 0 Å². The van der Waals surface area contributed by atoms with Crippen LogP contribution >= 0.6 is 0 Å². The predicted octanol–water partition coefficient (Wildman–Crippen LogP) is 3.55. The van der Waals surface area contributed by atoms with E-state index in [2.05, 4.69) is 36.7 Å². The van der Waals surface area contributed by atoms with E-state index in [-0.39, 0.29) is 35.7 Å². The number of carbonyl (C=O) groups is 3. The Balaban J connectivity index is 1.89. The fraction of sp³-hybridized carbons (Fsp3) is 0.348. The zero-order valence-electron chi connectivity index (χ0n) is 17.6. The number of benzene rings is 2. The molecule has 1 atom stereocenters. The summed E-state index contributed by atoms with van der Waals surface area (Å²) in [5.41, 5.74) is 3.20. The molecule has 6 nitrogen and oxygen atoms in total. The van der Waals surface area contributed by atoms with Crippen molar-refractivity contribution in [2.45, 2.75) is 46.1 Å². The molecule has 3 amide bonds. The molecular weight excluding hydrogens is 366 g/mol. The van der Waals surface area contributed by atoms with Gasteiger partial charge in [0.05, 0.1) is 12.6 Å². The number of rotatable bonds is 6. The molecule has 6 heteroatoms. The van der Waals surface area contributed by atoms with Crippen molar-refractivity contribution in [3.63, 3.8) is 0 Å². The van der Waals surface area contributed by atoms with Crippen LogP contribution in [-0.2, 0) is 15.0 Å². The van der Waals surface area contributed by atoms with Gasteiger partial charge in [-0.15, -0.1) is 0 Å². The van der Waals surface area contributed by atoms with Gasteiger partial charge in [0.1, 0.15) is 0 Å². The van der Waals surface area contributed by atoms with Crippen LogP contribution in [-0.4, -0.2) is 24.3 Å². The minimum absolute atomic E-state index is 0.0161. The molecule has 0 aliphatic rings. The lowest BCUT2D eigenvalue weighted by Gasteiger charge is -2.19. The summed E-state index contributed by atoms with van der Waals surface area (Å²) in [4.78, 5) is 35.7. The second kappa shape index (κ2) is 9.37. The Morgan fingerprint density at radius 2 is 1.66 bits per heavy atom. The van der Waals surface area contributed by atoms with Crippen LogP contribution in [0.15, 0.2) is 48.5 Å². The Hall–Kier alpha value is -3.15. The monoisotopic (exact) mass is 395 g/mol. The van der Waals surface area contributed by atoms with Crippen LogP contribution in [0.25, 0.3) is 0 Å². The highest BCUT2D eigenvalue weighted by atomic mass is 16.2. The molecule has 0 aliphatic heterocycles. The van der Waals surface area contributed by atoms with Crippen molar-refractivity contribution in [3.8, 4) is 0 Å². The third kappa shape index (κ3) is 6.75. The van der Waals surface area contributed by atoms with E-state index >= 15 is 0 Å². The quantitative estimate of drug-likeness (QED) is 0.699. The summed E-state index contributed by atoms with van der Waals surface area (Å²) in [7, 11) is 0. The molecule has 0 aromatic heterocycles. The van der Waals surface area contributed by atoms with Gasteiger partial charge < -0.3 is 16.0 Å². The zero-order chi connectivity index (χ0) is 21.6. The maximum atomic E-state index is 12.3. The second-order valence-corrected chi connectivity index (χ2v) is 8.11. The van der Waals surface area contributed by atoms with Gasteiger partial charge in [0.2, 0.25) is 11.8 Å². The molecule has 0 aliphatic carbocycles. The fourth-order valence-corrected chi connectivity index (χ4v) is 2.85. The van der Waals surface area contributed by atoms with Crippen LogP contribution < -0.4 is 16.0 Å². The maximum absolute atomic E-state index is 12.3. The molecule has 2 rings (SSSR count). The van der Waals surface area contributed by atoms with Crippen molar-refractivity contribution in [1.29, 1.82) is 0 Å². The van der Waals surface area contributed by atoms with E-state index in [1.54, 1.807) is 18.2 Å². The second-order valence-electron chi connectivity index (χ2n) is 8.11. The highest BCUT2D eigenvalue weighted by molar-refractivity contribution is 5.96. The highest BCUT2D eigenvalue weighted by Gasteiger charge is 2.15. The number of anilines is 1. The fourth-order valence-electron chi connectivity index (χ4n) is 2.85. The summed E-state index contributed by atoms with van der Waals surface area (Å²) in [6, 6.07) is 14.4. The number of hydrogen-bond donors (Lipinski definition) is 3. The van der Waals surface area contributed by atoms with E-state index in [9.17, 15) is 14.4 Å². The minimum atomic E-state index is -0.291. The van der Waals surface area contributed by atoms with Crippen molar-refractivity contribution >= 4 is 23.4 Å². The smallest absolute Gasteiger partial charge is 0.251 e. The van der Waals surface area contributed by atoms with Gasteiger partial charge in [-0.05, 0) is 47.7 Å². The molecule has 2 aromatic carbocycles. The van der Waals surface area contributed by atoms with E-state index in [0.29, 0.717) is 11.3 Å². The molecule has 1 unspecified atom stereocenters. The Labute approximate surface area is 172 Å². The standard InChI is InChI=1S/C23H29N3O3/c1-15(18-7-6-8-20(13-18)26-16(2)27)25-21(28)14-24-22(29)17-9-11-19(12-10-17)23(3,4)5/h6-13,15H,14H2,1-5H3,(H,24,29)(H,25,28)(H,26,27). The summed E-state index contributed by atoms with van der Waals surface area (Å²) < 4.78 is 0. The first-order valence-corrected chi connectivity index (χ1v) is 9.62. The topological polar surface area (TPSA) is 87.3 Å². The Morgan fingerprint density at radius 3 is 2.24 bits per heavy atom. The third-order valence-electron chi connectivity index (χ3n) is 4.51. The Morgan fingerprint density at radius 1 is 1.00 bits per heavy atom. The van der Waals surface area contributed by atoms with Gasteiger partial charge in [0, 0.05) is 18.2 Å².